The number of hydrogen-bond donors (Lipinski definition) is 2. The molecule has 0 aliphatic carbocycles. The number of aliphatic hydroxyl groups excluding tert-OH is 1. The molecule has 2 saturated heterocycles. The summed E-state index contributed by atoms with van der Waals surface area (Å²) in [6.45, 7) is 6.38. The highest BCUT2D eigenvalue weighted by atomic mass is 19.1. The maximum absolute atomic E-state index is 13.4. The second-order valence-electron chi connectivity index (χ2n) is 11.0. The van der Waals surface area contributed by atoms with Crippen LogP contribution in [0.25, 0.3) is 0 Å². The first kappa shape index (κ1) is 30.9. The molecule has 0 radical (unpaired) electrons. The van der Waals surface area contributed by atoms with E-state index in [1.165, 1.54) is 51.4 Å². The first-order valence-corrected chi connectivity index (χ1v) is 14.2. The molecule has 4 atom stereocenters. The van der Waals surface area contributed by atoms with Gasteiger partial charge in [0, 0.05) is 19.2 Å². The van der Waals surface area contributed by atoms with Gasteiger partial charge in [-0.25, -0.2) is 8.78 Å². The zero-order valence-corrected chi connectivity index (χ0v) is 23.1. The molecule has 0 bridgehead atoms. The maximum atomic E-state index is 13.4. The zero-order chi connectivity index (χ0) is 27.6. The van der Waals surface area contributed by atoms with Crippen molar-refractivity contribution in [2.45, 2.75) is 121 Å². The molecule has 2 aliphatic heterocycles. The van der Waals surface area contributed by atoms with Gasteiger partial charge in [-0.15, -0.1) is 0 Å². The lowest BCUT2D eigenvalue weighted by molar-refractivity contribution is -0.277. The summed E-state index contributed by atoms with van der Waals surface area (Å²) in [5, 5.41) is 13.6. The number of amides is 1. The van der Waals surface area contributed by atoms with E-state index in [1.54, 1.807) is 13.8 Å². The molecule has 2 fully saturated rings. The third kappa shape index (κ3) is 9.23. The molecule has 7 nitrogen and oxygen atoms in total. The number of carbonyl (C=O) groups excluding carboxylic acids is 1. The molecule has 2 N–H and O–H groups in total. The van der Waals surface area contributed by atoms with Gasteiger partial charge in [-0.1, -0.05) is 64.7 Å². The molecule has 1 aromatic rings. The molecule has 3 rings (SSSR count). The Labute approximate surface area is 225 Å². The van der Waals surface area contributed by atoms with Crippen LogP contribution >= 0.6 is 0 Å². The van der Waals surface area contributed by atoms with E-state index in [9.17, 15) is 18.7 Å². The van der Waals surface area contributed by atoms with Crippen LogP contribution in [0.4, 0.5) is 8.78 Å². The Morgan fingerprint density at radius 2 is 1.58 bits per heavy atom. The van der Waals surface area contributed by atoms with Gasteiger partial charge in [0.25, 0.3) is 0 Å². The first-order chi connectivity index (χ1) is 18.1. The lowest BCUT2D eigenvalue weighted by atomic mass is 10.1. The summed E-state index contributed by atoms with van der Waals surface area (Å²) in [5.74, 6) is -4.17. The Hall–Kier alpha value is -1.65. The molecule has 0 saturated carbocycles. The minimum absolute atomic E-state index is 0.0123. The predicted octanol–water partition coefficient (Wildman–Crippen LogP) is 5.17. The fraction of sp³-hybridized carbons (Fsp3) is 0.759. The maximum Gasteiger partial charge on any atom is 0.224 e. The fourth-order valence-electron chi connectivity index (χ4n) is 5.22. The van der Waals surface area contributed by atoms with E-state index >= 15 is 0 Å². The normalized spacial score (nSPS) is 26.0. The van der Waals surface area contributed by atoms with Crippen molar-refractivity contribution >= 4 is 5.91 Å². The van der Waals surface area contributed by atoms with Crippen molar-refractivity contribution < 1.29 is 37.6 Å². The Balaban J connectivity index is 1.39. The number of halogens is 2. The predicted molar refractivity (Wildman–Crippen MR) is 139 cm³/mol. The summed E-state index contributed by atoms with van der Waals surface area (Å²) < 4.78 is 50.8. The summed E-state index contributed by atoms with van der Waals surface area (Å²) in [7, 11) is 0. The van der Waals surface area contributed by atoms with Gasteiger partial charge in [0.2, 0.25) is 11.7 Å². The standard InChI is InChI=1S/C29H45F2NO6/c1-4-5-6-7-8-9-10-11-12-13-14-35-20-29-27(37-28(2,3)38-29)26(34)24(36-29)19-32-25(33)17-21-15-22(30)18-23(31)16-21/h15-16,18,24,26-27,34H,4-14,17,19-20H2,1-3H3,(H,32,33)/t24-,26+,27-,29-/m0/s1. The molecule has 0 spiro atoms. The Bertz CT molecular complexity index is 864. The molecule has 2 aliphatic rings. The second-order valence-corrected chi connectivity index (χ2v) is 11.0. The van der Waals surface area contributed by atoms with E-state index < -0.39 is 47.4 Å². The smallest absolute Gasteiger partial charge is 0.224 e. The van der Waals surface area contributed by atoms with Crippen LogP contribution < -0.4 is 5.32 Å². The van der Waals surface area contributed by atoms with Crippen molar-refractivity contribution in [3.05, 3.63) is 35.4 Å². The van der Waals surface area contributed by atoms with Crippen LogP contribution in [-0.4, -0.2) is 60.7 Å². The van der Waals surface area contributed by atoms with Crippen molar-refractivity contribution in [1.29, 1.82) is 0 Å². The summed E-state index contributed by atoms with van der Waals surface area (Å²) >= 11 is 0. The lowest BCUT2D eigenvalue weighted by Crippen LogP contribution is -2.45. The van der Waals surface area contributed by atoms with Crippen molar-refractivity contribution in [3.8, 4) is 0 Å². The van der Waals surface area contributed by atoms with E-state index in [2.05, 4.69) is 12.2 Å². The van der Waals surface area contributed by atoms with Gasteiger partial charge < -0.3 is 29.4 Å². The summed E-state index contributed by atoms with van der Waals surface area (Å²) in [5.41, 5.74) is 0.218. The number of rotatable bonds is 17. The van der Waals surface area contributed by atoms with E-state index in [0.717, 1.165) is 31.0 Å². The van der Waals surface area contributed by atoms with Crippen LogP contribution in [0, 0.1) is 11.6 Å². The molecule has 1 amide bonds. The number of carbonyl (C=O) groups is 1. The number of nitrogens with one attached hydrogen (secondary N) is 1. The third-order valence-corrected chi connectivity index (χ3v) is 7.04. The SMILES string of the molecule is CCCCCCCCCCCCOC[C@@]12O[C@@H](CNC(=O)Cc3cc(F)cc(F)c3)[C@@H](O)[C@@H]1OC(C)(C)O2. The van der Waals surface area contributed by atoms with Gasteiger partial charge in [-0.3, -0.25) is 4.79 Å². The van der Waals surface area contributed by atoms with E-state index in [1.807, 2.05) is 0 Å². The Kier molecular flexibility index (Phi) is 11.9. The minimum Gasteiger partial charge on any atom is -0.387 e. The molecule has 9 heteroatoms. The molecule has 0 unspecified atom stereocenters. The topological polar surface area (TPSA) is 86.3 Å². The van der Waals surface area contributed by atoms with Crippen molar-refractivity contribution in [1.82, 2.24) is 5.32 Å². The van der Waals surface area contributed by atoms with Gasteiger partial charge in [-0.2, -0.15) is 0 Å². The second kappa shape index (κ2) is 14.7. The van der Waals surface area contributed by atoms with E-state index in [4.69, 9.17) is 18.9 Å². The molecule has 2 heterocycles. The van der Waals surface area contributed by atoms with Gasteiger partial charge in [-0.05, 0) is 38.0 Å². The number of aliphatic hydroxyl groups is 1. The average Bonchev–Trinajstić information content (AvgIpc) is 3.24. The van der Waals surface area contributed by atoms with Gasteiger partial charge in [0.15, 0.2) is 5.79 Å². The highest BCUT2D eigenvalue weighted by Gasteiger charge is 2.64. The van der Waals surface area contributed by atoms with E-state index in [-0.39, 0.29) is 25.1 Å². The quantitative estimate of drug-likeness (QED) is 0.265. The molecule has 0 aromatic heterocycles. The molecule has 216 valence electrons. The number of ether oxygens (including phenoxy) is 4. The summed E-state index contributed by atoms with van der Waals surface area (Å²) in [6, 6.07) is 2.97. The van der Waals surface area contributed by atoms with Crippen LogP contribution in [0.1, 0.15) is 90.5 Å². The van der Waals surface area contributed by atoms with Gasteiger partial charge in [0.05, 0.1) is 6.42 Å². The van der Waals surface area contributed by atoms with Gasteiger partial charge >= 0.3 is 0 Å². The highest BCUT2D eigenvalue weighted by Crippen LogP contribution is 2.45. The minimum atomic E-state index is -1.28. The molecule has 1 aromatic carbocycles. The van der Waals surface area contributed by atoms with Crippen LogP contribution in [-0.2, 0) is 30.2 Å². The van der Waals surface area contributed by atoms with Gasteiger partial charge in [0.1, 0.15) is 36.6 Å². The van der Waals surface area contributed by atoms with E-state index in [0.29, 0.717) is 6.61 Å². The highest BCUT2D eigenvalue weighted by molar-refractivity contribution is 5.78. The molecular formula is C29H45F2NO6. The number of unbranched alkanes of at least 4 members (excludes halogenated alkanes) is 9. The summed E-state index contributed by atoms with van der Waals surface area (Å²) in [6.07, 6.45) is 9.56. The number of fused-ring (bicyclic) bond motifs is 1. The first-order valence-electron chi connectivity index (χ1n) is 14.2. The summed E-state index contributed by atoms with van der Waals surface area (Å²) in [4.78, 5) is 12.3. The fourth-order valence-corrected chi connectivity index (χ4v) is 5.22. The van der Waals surface area contributed by atoms with Crippen LogP contribution in [0.15, 0.2) is 18.2 Å². The average molecular weight is 542 g/mol. The molecule has 38 heavy (non-hydrogen) atoms. The van der Waals surface area contributed by atoms with Crippen LogP contribution in [0.5, 0.6) is 0 Å². The largest absolute Gasteiger partial charge is 0.387 e. The van der Waals surface area contributed by atoms with Crippen molar-refractivity contribution in [3.63, 3.8) is 0 Å². The number of hydrogen-bond acceptors (Lipinski definition) is 6. The number of benzene rings is 1. The van der Waals surface area contributed by atoms with Crippen molar-refractivity contribution in [2.24, 2.45) is 0 Å². The monoisotopic (exact) mass is 541 g/mol. The Morgan fingerprint density at radius 1 is 0.974 bits per heavy atom. The van der Waals surface area contributed by atoms with Crippen molar-refractivity contribution in [2.75, 3.05) is 19.8 Å². The molecular weight excluding hydrogens is 496 g/mol. The lowest BCUT2D eigenvalue weighted by Gasteiger charge is -2.28. The van der Waals surface area contributed by atoms with Crippen LogP contribution in [0.2, 0.25) is 0 Å². The van der Waals surface area contributed by atoms with Crippen LogP contribution in [0.3, 0.4) is 0 Å². The third-order valence-electron chi connectivity index (χ3n) is 7.04. The Morgan fingerprint density at radius 3 is 2.21 bits per heavy atom. The zero-order valence-electron chi connectivity index (χ0n) is 23.1.